The number of anilines is 2. The molecular formula is C19H19F4N3O2. The number of halogens is 4. The van der Waals surface area contributed by atoms with Crippen molar-refractivity contribution < 1.29 is 27.1 Å². The first-order chi connectivity index (χ1) is 13.2. The van der Waals surface area contributed by atoms with Crippen LogP contribution in [0.2, 0.25) is 0 Å². The predicted molar refractivity (Wildman–Crippen MR) is 97.0 cm³/mol. The molecule has 1 aliphatic heterocycles. The molecule has 28 heavy (non-hydrogen) atoms. The first kappa shape index (κ1) is 19.8. The van der Waals surface area contributed by atoms with Gasteiger partial charge in [0.05, 0.1) is 30.2 Å². The molecule has 1 atom stereocenters. The number of fused-ring (bicyclic) bond motifs is 1. The van der Waals surface area contributed by atoms with Crippen molar-refractivity contribution in [3.63, 3.8) is 0 Å². The van der Waals surface area contributed by atoms with Crippen molar-refractivity contribution in [3.8, 4) is 5.75 Å². The third-order valence-electron chi connectivity index (χ3n) is 4.74. The zero-order valence-electron chi connectivity index (χ0n) is 15.4. The number of hydrogen-bond acceptors (Lipinski definition) is 4. The normalized spacial score (nSPS) is 15.4. The summed E-state index contributed by atoms with van der Waals surface area (Å²) in [6, 6.07) is 4.80. The van der Waals surface area contributed by atoms with Crippen LogP contribution in [0, 0.1) is 11.6 Å². The van der Waals surface area contributed by atoms with E-state index in [9.17, 15) is 22.4 Å². The number of nitrogens with zero attached hydrogens (tertiary/aromatic N) is 1. The fourth-order valence-electron chi connectivity index (χ4n) is 3.21. The number of methoxy groups -OCH3 is 1. The van der Waals surface area contributed by atoms with Gasteiger partial charge in [0, 0.05) is 24.7 Å². The van der Waals surface area contributed by atoms with Crippen LogP contribution in [0.4, 0.5) is 28.9 Å². The second-order valence-corrected chi connectivity index (χ2v) is 6.41. The zero-order valence-corrected chi connectivity index (χ0v) is 15.4. The molecular weight excluding hydrogens is 378 g/mol. The van der Waals surface area contributed by atoms with Crippen molar-refractivity contribution in [1.82, 2.24) is 5.32 Å². The minimum Gasteiger partial charge on any atom is -0.496 e. The number of carbonyl (C=O) groups is 1. The van der Waals surface area contributed by atoms with E-state index in [1.807, 2.05) is 24.9 Å². The van der Waals surface area contributed by atoms with Crippen molar-refractivity contribution in [2.75, 3.05) is 24.4 Å². The highest BCUT2D eigenvalue weighted by Gasteiger charge is 2.27. The van der Waals surface area contributed by atoms with Crippen LogP contribution < -0.4 is 20.3 Å². The highest BCUT2D eigenvalue weighted by molar-refractivity contribution is 5.94. The molecule has 150 valence electrons. The Morgan fingerprint density at radius 1 is 1.29 bits per heavy atom. The van der Waals surface area contributed by atoms with E-state index in [-0.39, 0.29) is 18.3 Å². The van der Waals surface area contributed by atoms with Crippen LogP contribution in [0.1, 0.15) is 34.8 Å². The molecule has 9 heteroatoms. The van der Waals surface area contributed by atoms with E-state index in [1.54, 1.807) is 6.07 Å². The van der Waals surface area contributed by atoms with Crippen LogP contribution in [0.15, 0.2) is 24.3 Å². The van der Waals surface area contributed by atoms with Crippen molar-refractivity contribution in [1.29, 1.82) is 0 Å². The van der Waals surface area contributed by atoms with Gasteiger partial charge < -0.3 is 20.3 Å². The molecule has 2 aromatic carbocycles. The molecule has 1 aliphatic rings. The van der Waals surface area contributed by atoms with Gasteiger partial charge in [0.1, 0.15) is 17.4 Å². The Morgan fingerprint density at radius 3 is 2.50 bits per heavy atom. The summed E-state index contributed by atoms with van der Waals surface area (Å²) in [5.41, 5.74) is 0.639. The Morgan fingerprint density at radius 2 is 1.93 bits per heavy atom. The lowest BCUT2D eigenvalue weighted by atomic mass is 10.1. The molecule has 0 aliphatic carbocycles. The lowest BCUT2D eigenvalue weighted by Crippen LogP contribution is -2.30. The van der Waals surface area contributed by atoms with E-state index in [0.29, 0.717) is 23.4 Å². The van der Waals surface area contributed by atoms with Gasteiger partial charge >= 0.3 is 0 Å². The molecule has 0 saturated carbocycles. The number of carbonyl (C=O) groups excluding carboxylic acids is 1. The average Bonchev–Trinajstić information content (AvgIpc) is 2.92. The van der Waals surface area contributed by atoms with Crippen molar-refractivity contribution >= 4 is 17.3 Å². The van der Waals surface area contributed by atoms with Gasteiger partial charge in [-0.2, -0.15) is 0 Å². The maximum atomic E-state index is 13.7. The molecule has 0 aromatic heterocycles. The SMILES string of the molecule is COc1ccc2c(c1CNC(=O)c1cc(F)c(C(F)F)c(F)c1)N(C)C(C)N2. The van der Waals surface area contributed by atoms with Gasteiger partial charge in [0.25, 0.3) is 12.3 Å². The maximum absolute atomic E-state index is 13.7. The summed E-state index contributed by atoms with van der Waals surface area (Å²) in [7, 11) is 3.37. The number of ether oxygens (including phenoxy) is 1. The molecule has 1 heterocycles. The highest BCUT2D eigenvalue weighted by Crippen LogP contribution is 2.41. The molecule has 0 saturated heterocycles. The van der Waals surface area contributed by atoms with Crippen molar-refractivity contribution in [2.24, 2.45) is 0 Å². The number of hydrogen-bond donors (Lipinski definition) is 2. The van der Waals surface area contributed by atoms with E-state index in [4.69, 9.17) is 4.74 Å². The first-order valence-electron chi connectivity index (χ1n) is 8.49. The second-order valence-electron chi connectivity index (χ2n) is 6.41. The lowest BCUT2D eigenvalue weighted by molar-refractivity contribution is 0.0948. The Hall–Kier alpha value is -2.97. The number of rotatable bonds is 5. The Balaban J connectivity index is 1.86. The van der Waals surface area contributed by atoms with Gasteiger partial charge in [-0.05, 0) is 31.2 Å². The number of amides is 1. The molecule has 0 radical (unpaired) electrons. The molecule has 1 amide bonds. The molecule has 3 rings (SSSR count). The molecule has 2 aromatic rings. The van der Waals surface area contributed by atoms with E-state index < -0.39 is 29.5 Å². The molecule has 0 bridgehead atoms. The standard InChI is InChI=1S/C19H19F4N3O2/c1-9-25-14-4-5-15(28-3)11(17(14)26(9)2)8-24-19(27)10-6-12(20)16(18(22)23)13(21)7-10/h4-7,9,18,25H,8H2,1-3H3,(H,24,27). The third-order valence-corrected chi connectivity index (χ3v) is 4.74. The van der Waals surface area contributed by atoms with Crippen LogP contribution >= 0.6 is 0 Å². The molecule has 0 spiro atoms. The second kappa shape index (κ2) is 7.57. The minimum atomic E-state index is -3.31. The van der Waals surface area contributed by atoms with Crippen LogP contribution in [0.25, 0.3) is 0 Å². The predicted octanol–water partition coefficient (Wildman–Crippen LogP) is 4.05. The largest absolute Gasteiger partial charge is 0.496 e. The van der Waals surface area contributed by atoms with Gasteiger partial charge in [0.15, 0.2) is 0 Å². The van der Waals surface area contributed by atoms with Gasteiger partial charge in [-0.25, -0.2) is 17.6 Å². The number of alkyl halides is 2. The van der Waals surface area contributed by atoms with Crippen LogP contribution in [-0.2, 0) is 6.54 Å². The monoisotopic (exact) mass is 397 g/mol. The summed E-state index contributed by atoms with van der Waals surface area (Å²) in [5, 5.41) is 5.84. The van der Waals surface area contributed by atoms with E-state index in [2.05, 4.69) is 10.6 Å². The fraction of sp³-hybridized carbons (Fsp3) is 0.316. The van der Waals surface area contributed by atoms with Gasteiger partial charge in [-0.1, -0.05) is 0 Å². The summed E-state index contributed by atoms with van der Waals surface area (Å²) < 4.78 is 58.2. The van der Waals surface area contributed by atoms with Crippen molar-refractivity contribution in [3.05, 3.63) is 52.6 Å². The molecule has 0 fully saturated rings. The molecule has 5 nitrogen and oxygen atoms in total. The summed E-state index contributed by atoms with van der Waals surface area (Å²) in [6.07, 6.45) is -3.28. The summed E-state index contributed by atoms with van der Waals surface area (Å²) in [5.74, 6) is -3.18. The Bertz CT molecular complexity index is 897. The van der Waals surface area contributed by atoms with Crippen molar-refractivity contribution in [2.45, 2.75) is 26.1 Å². The van der Waals surface area contributed by atoms with Gasteiger partial charge in [0.2, 0.25) is 0 Å². The zero-order chi connectivity index (χ0) is 20.6. The highest BCUT2D eigenvalue weighted by atomic mass is 19.3. The van der Waals surface area contributed by atoms with E-state index in [1.165, 1.54) is 7.11 Å². The van der Waals surface area contributed by atoms with Crippen LogP contribution in [0.3, 0.4) is 0 Å². The first-order valence-corrected chi connectivity index (χ1v) is 8.49. The maximum Gasteiger partial charge on any atom is 0.269 e. The summed E-state index contributed by atoms with van der Waals surface area (Å²) in [6.45, 7) is 1.98. The quantitative estimate of drug-likeness (QED) is 0.748. The molecule has 2 N–H and O–H groups in total. The van der Waals surface area contributed by atoms with Gasteiger partial charge in [-0.3, -0.25) is 4.79 Å². The topological polar surface area (TPSA) is 53.6 Å². The average molecular weight is 397 g/mol. The third kappa shape index (κ3) is 3.44. The smallest absolute Gasteiger partial charge is 0.269 e. The summed E-state index contributed by atoms with van der Waals surface area (Å²) in [4.78, 5) is 14.3. The molecule has 1 unspecified atom stereocenters. The van der Waals surface area contributed by atoms with Crippen LogP contribution in [-0.4, -0.2) is 26.2 Å². The van der Waals surface area contributed by atoms with E-state index in [0.717, 1.165) is 11.4 Å². The van der Waals surface area contributed by atoms with E-state index >= 15 is 0 Å². The summed E-state index contributed by atoms with van der Waals surface area (Å²) >= 11 is 0. The van der Waals surface area contributed by atoms with Gasteiger partial charge in [-0.15, -0.1) is 0 Å². The minimum absolute atomic E-state index is 0.0176. The number of benzene rings is 2. The Kier molecular flexibility index (Phi) is 5.35. The number of nitrogens with one attached hydrogen (secondary N) is 2. The fourth-order valence-corrected chi connectivity index (χ4v) is 3.21. The lowest BCUT2D eigenvalue weighted by Gasteiger charge is -2.21. The Labute approximate surface area is 159 Å². The van der Waals surface area contributed by atoms with Crippen LogP contribution in [0.5, 0.6) is 5.75 Å².